The van der Waals surface area contributed by atoms with E-state index in [0.29, 0.717) is 49.0 Å². The van der Waals surface area contributed by atoms with Gasteiger partial charge in [-0.05, 0) is 25.0 Å². The van der Waals surface area contributed by atoms with E-state index in [1.807, 2.05) is 0 Å². The number of carbonyl (C=O) groups is 1. The third kappa shape index (κ3) is 3.41. The summed E-state index contributed by atoms with van der Waals surface area (Å²) in [6.07, 6.45) is 1.39. The molecule has 1 aromatic rings. The number of halogens is 1. The van der Waals surface area contributed by atoms with Crippen LogP contribution in [0.15, 0.2) is 18.2 Å². The van der Waals surface area contributed by atoms with Crippen molar-refractivity contribution in [1.82, 2.24) is 5.32 Å². The molecule has 1 amide bonds. The fraction of sp³-hybridized carbons (Fsp3) is 0.533. The van der Waals surface area contributed by atoms with Gasteiger partial charge >= 0.3 is 0 Å². The lowest BCUT2D eigenvalue weighted by molar-refractivity contribution is 0.0432. The molecule has 1 aromatic carbocycles. The average Bonchev–Trinajstić information content (AvgIpc) is 2.54. The molecule has 0 radical (unpaired) electrons. The minimum atomic E-state index is -0.442. The molecule has 0 bridgehead atoms. The molecule has 2 rings (SSSR count). The van der Waals surface area contributed by atoms with E-state index in [1.165, 1.54) is 14.2 Å². The van der Waals surface area contributed by atoms with Crippen molar-refractivity contribution in [2.75, 3.05) is 33.3 Å². The zero-order valence-corrected chi connectivity index (χ0v) is 13.0. The Hall–Kier alpha value is -1.46. The summed E-state index contributed by atoms with van der Waals surface area (Å²) in [7, 11) is 3.05. The van der Waals surface area contributed by atoms with Crippen LogP contribution < -0.4 is 14.8 Å². The summed E-state index contributed by atoms with van der Waals surface area (Å²) in [5, 5.41) is 3.04. The first-order valence-electron chi connectivity index (χ1n) is 6.83. The largest absolute Gasteiger partial charge is 0.496 e. The summed E-state index contributed by atoms with van der Waals surface area (Å²) in [6, 6.07) is 5.24. The SMILES string of the molecule is COc1cccc(OC)c1C(=O)NC1(CCl)CCOCC1. The maximum absolute atomic E-state index is 12.7. The molecular formula is C15H20ClNO4. The molecule has 0 saturated carbocycles. The molecule has 21 heavy (non-hydrogen) atoms. The minimum absolute atomic E-state index is 0.244. The summed E-state index contributed by atoms with van der Waals surface area (Å²) in [6.45, 7) is 1.19. The molecule has 0 atom stereocenters. The Morgan fingerprint density at radius 2 is 1.86 bits per heavy atom. The van der Waals surface area contributed by atoms with Gasteiger partial charge in [0.05, 0.1) is 19.8 Å². The maximum atomic E-state index is 12.7. The van der Waals surface area contributed by atoms with Crippen LogP contribution in [0.1, 0.15) is 23.2 Å². The van der Waals surface area contributed by atoms with Crippen LogP contribution in [0.2, 0.25) is 0 Å². The molecule has 1 N–H and O–H groups in total. The van der Waals surface area contributed by atoms with E-state index >= 15 is 0 Å². The van der Waals surface area contributed by atoms with Gasteiger partial charge < -0.3 is 19.5 Å². The minimum Gasteiger partial charge on any atom is -0.496 e. The average molecular weight is 314 g/mol. The normalized spacial score (nSPS) is 17.1. The third-order valence-electron chi connectivity index (χ3n) is 3.74. The van der Waals surface area contributed by atoms with Crippen molar-refractivity contribution < 1.29 is 19.0 Å². The number of ether oxygens (including phenoxy) is 3. The second kappa shape index (κ2) is 7.00. The van der Waals surface area contributed by atoms with Gasteiger partial charge in [-0.2, -0.15) is 0 Å². The van der Waals surface area contributed by atoms with Crippen LogP contribution in [-0.4, -0.2) is 44.8 Å². The predicted molar refractivity (Wildman–Crippen MR) is 80.5 cm³/mol. The van der Waals surface area contributed by atoms with Crippen LogP contribution >= 0.6 is 11.6 Å². The first-order chi connectivity index (χ1) is 10.2. The fourth-order valence-corrected chi connectivity index (χ4v) is 2.77. The smallest absolute Gasteiger partial charge is 0.259 e. The van der Waals surface area contributed by atoms with Gasteiger partial charge in [-0.15, -0.1) is 11.6 Å². The first-order valence-corrected chi connectivity index (χ1v) is 7.36. The Balaban J connectivity index is 2.27. The second-order valence-corrected chi connectivity index (χ2v) is 5.29. The lowest BCUT2D eigenvalue weighted by Crippen LogP contribution is -2.53. The summed E-state index contributed by atoms with van der Waals surface area (Å²) in [4.78, 5) is 12.7. The molecule has 1 aliphatic heterocycles. The van der Waals surface area contributed by atoms with E-state index in [4.69, 9.17) is 25.8 Å². The molecule has 0 aliphatic carbocycles. The fourth-order valence-electron chi connectivity index (χ4n) is 2.43. The molecule has 1 aliphatic rings. The van der Waals surface area contributed by atoms with Crippen molar-refractivity contribution in [2.24, 2.45) is 0 Å². The van der Waals surface area contributed by atoms with Gasteiger partial charge in [-0.3, -0.25) is 4.79 Å². The quantitative estimate of drug-likeness (QED) is 0.847. The molecule has 1 saturated heterocycles. The van der Waals surface area contributed by atoms with Gasteiger partial charge in [0.15, 0.2) is 0 Å². The van der Waals surface area contributed by atoms with Crippen LogP contribution in [0.5, 0.6) is 11.5 Å². The van der Waals surface area contributed by atoms with Crippen molar-refractivity contribution in [1.29, 1.82) is 0 Å². The standard InChI is InChI=1S/C15H20ClNO4/c1-19-11-4-3-5-12(20-2)13(11)14(18)17-15(10-16)6-8-21-9-7-15/h3-5H,6-10H2,1-2H3,(H,17,18). The van der Waals surface area contributed by atoms with E-state index in [-0.39, 0.29) is 5.91 Å². The molecule has 116 valence electrons. The highest BCUT2D eigenvalue weighted by Crippen LogP contribution is 2.30. The zero-order valence-electron chi connectivity index (χ0n) is 12.3. The predicted octanol–water partition coefficient (Wildman–Crippen LogP) is 2.22. The van der Waals surface area contributed by atoms with Crippen LogP contribution in [0.25, 0.3) is 0 Å². The van der Waals surface area contributed by atoms with Crippen LogP contribution in [0.3, 0.4) is 0 Å². The van der Waals surface area contributed by atoms with Crippen molar-refractivity contribution >= 4 is 17.5 Å². The van der Waals surface area contributed by atoms with Gasteiger partial charge in [0.1, 0.15) is 17.1 Å². The number of hydrogen-bond acceptors (Lipinski definition) is 4. The summed E-state index contributed by atoms with van der Waals surface area (Å²) >= 11 is 6.08. The number of alkyl halides is 1. The van der Waals surface area contributed by atoms with Crippen molar-refractivity contribution in [2.45, 2.75) is 18.4 Å². The third-order valence-corrected chi connectivity index (χ3v) is 4.25. The van der Waals surface area contributed by atoms with E-state index in [2.05, 4.69) is 5.32 Å². The molecule has 5 nitrogen and oxygen atoms in total. The van der Waals surface area contributed by atoms with Gasteiger partial charge in [0, 0.05) is 19.1 Å². The number of hydrogen-bond donors (Lipinski definition) is 1. The van der Waals surface area contributed by atoms with Gasteiger partial charge in [0.25, 0.3) is 5.91 Å². The number of amides is 1. The Bertz CT molecular complexity index is 478. The molecule has 0 unspecified atom stereocenters. The van der Waals surface area contributed by atoms with E-state index < -0.39 is 5.54 Å². The number of rotatable bonds is 5. The molecule has 1 heterocycles. The summed E-state index contributed by atoms with van der Waals surface area (Å²) < 4.78 is 15.9. The van der Waals surface area contributed by atoms with E-state index in [9.17, 15) is 4.79 Å². The van der Waals surface area contributed by atoms with Gasteiger partial charge in [-0.25, -0.2) is 0 Å². The Labute approximate surface area is 129 Å². The number of nitrogens with one attached hydrogen (secondary N) is 1. The first kappa shape index (κ1) is 15.9. The Morgan fingerprint density at radius 3 is 2.33 bits per heavy atom. The Kier molecular flexibility index (Phi) is 5.31. The number of carbonyl (C=O) groups excluding carboxylic acids is 1. The van der Waals surface area contributed by atoms with Crippen LogP contribution in [0.4, 0.5) is 0 Å². The lowest BCUT2D eigenvalue weighted by atomic mass is 9.91. The number of methoxy groups -OCH3 is 2. The van der Waals surface area contributed by atoms with Crippen molar-refractivity contribution in [3.8, 4) is 11.5 Å². The monoisotopic (exact) mass is 313 g/mol. The highest BCUT2D eigenvalue weighted by Gasteiger charge is 2.35. The summed E-state index contributed by atoms with van der Waals surface area (Å²) in [5.41, 5.74) is -0.0542. The van der Waals surface area contributed by atoms with Gasteiger partial charge in [0.2, 0.25) is 0 Å². The second-order valence-electron chi connectivity index (χ2n) is 5.02. The van der Waals surface area contributed by atoms with Crippen molar-refractivity contribution in [3.05, 3.63) is 23.8 Å². The maximum Gasteiger partial charge on any atom is 0.259 e. The van der Waals surface area contributed by atoms with Crippen molar-refractivity contribution in [3.63, 3.8) is 0 Å². The molecular weight excluding hydrogens is 294 g/mol. The topological polar surface area (TPSA) is 56.8 Å². The molecule has 6 heteroatoms. The Morgan fingerprint density at radius 1 is 1.29 bits per heavy atom. The lowest BCUT2D eigenvalue weighted by Gasteiger charge is -2.36. The van der Waals surface area contributed by atoms with E-state index in [0.717, 1.165) is 0 Å². The molecule has 0 aromatic heterocycles. The van der Waals surface area contributed by atoms with Crippen LogP contribution in [0, 0.1) is 0 Å². The zero-order chi connectivity index (χ0) is 15.3. The highest BCUT2D eigenvalue weighted by molar-refractivity contribution is 6.19. The van der Waals surface area contributed by atoms with Crippen LogP contribution in [-0.2, 0) is 4.74 Å². The highest BCUT2D eigenvalue weighted by atomic mass is 35.5. The summed E-state index contributed by atoms with van der Waals surface area (Å²) in [5.74, 6) is 1.05. The number of benzene rings is 1. The molecule has 0 spiro atoms. The molecule has 1 fully saturated rings. The van der Waals surface area contributed by atoms with Gasteiger partial charge in [-0.1, -0.05) is 6.07 Å². The van der Waals surface area contributed by atoms with E-state index in [1.54, 1.807) is 18.2 Å².